The summed E-state index contributed by atoms with van der Waals surface area (Å²) in [5, 5.41) is 3.58. The highest BCUT2D eigenvalue weighted by atomic mass is 16.5. The Morgan fingerprint density at radius 3 is 2.62 bits per heavy atom. The fourth-order valence-corrected chi connectivity index (χ4v) is 2.46. The second-order valence-corrected chi connectivity index (χ2v) is 5.51. The van der Waals surface area contributed by atoms with Gasteiger partial charge >= 0.3 is 0 Å². The Morgan fingerprint density at radius 2 is 1.95 bits per heavy atom. The summed E-state index contributed by atoms with van der Waals surface area (Å²) in [7, 11) is 1.70. The normalized spacial score (nSPS) is 12.2. The van der Waals surface area contributed by atoms with Crippen LogP contribution in [0.25, 0.3) is 0 Å². The van der Waals surface area contributed by atoms with Gasteiger partial charge in [-0.1, -0.05) is 44.7 Å². The first-order valence-electron chi connectivity index (χ1n) is 8.24. The molecular weight excluding hydrogens is 262 g/mol. The first kappa shape index (κ1) is 17.8. The van der Waals surface area contributed by atoms with Crippen molar-refractivity contribution in [2.75, 3.05) is 13.7 Å². The molecule has 0 spiro atoms. The van der Waals surface area contributed by atoms with Crippen molar-refractivity contribution in [3.05, 3.63) is 23.8 Å². The molecule has 0 aromatic heterocycles. The van der Waals surface area contributed by atoms with Gasteiger partial charge in [0.1, 0.15) is 0 Å². The van der Waals surface area contributed by atoms with E-state index < -0.39 is 0 Å². The fraction of sp³-hybridized carbons (Fsp3) is 0.667. The monoisotopic (exact) mass is 293 g/mol. The van der Waals surface area contributed by atoms with Crippen LogP contribution in [0.3, 0.4) is 0 Å². The summed E-state index contributed by atoms with van der Waals surface area (Å²) in [4.78, 5) is 0. The molecule has 0 aliphatic rings. The van der Waals surface area contributed by atoms with Gasteiger partial charge in [-0.05, 0) is 26.3 Å². The molecule has 0 heterocycles. The van der Waals surface area contributed by atoms with Gasteiger partial charge in [-0.15, -0.1) is 0 Å². The van der Waals surface area contributed by atoms with Crippen molar-refractivity contribution in [1.29, 1.82) is 0 Å². The van der Waals surface area contributed by atoms with Gasteiger partial charge in [0.25, 0.3) is 0 Å². The van der Waals surface area contributed by atoms with Crippen LogP contribution in [0.5, 0.6) is 11.5 Å². The molecule has 0 saturated heterocycles. The van der Waals surface area contributed by atoms with Gasteiger partial charge in [-0.3, -0.25) is 0 Å². The van der Waals surface area contributed by atoms with Crippen molar-refractivity contribution in [1.82, 2.24) is 5.32 Å². The van der Waals surface area contributed by atoms with Gasteiger partial charge in [0.05, 0.1) is 13.7 Å². The molecule has 0 saturated carbocycles. The molecule has 21 heavy (non-hydrogen) atoms. The first-order chi connectivity index (χ1) is 10.2. The van der Waals surface area contributed by atoms with Crippen LogP contribution in [0.2, 0.25) is 0 Å². The van der Waals surface area contributed by atoms with Gasteiger partial charge in [0.15, 0.2) is 11.5 Å². The Labute approximate surface area is 130 Å². The Bertz CT molecular complexity index is 393. The van der Waals surface area contributed by atoms with E-state index in [0.717, 1.165) is 23.6 Å². The second kappa shape index (κ2) is 10.5. The van der Waals surface area contributed by atoms with E-state index >= 15 is 0 Å². The molecule has 0 radical (unpaired) electrons. The fourth-order valence-electron chi connectivity index (χ4n) is 2.46. The number of benzene rings is 1. The van der Waals surface area contributed by atoms with E-state index in [1.54, 1.807) is 7.11 Å². The molecule has 0 fully saturated rings. The molecule has 1 atom stereocenters. The molecule has 120 valence electrons. The predicted molar refractivity (Wildman–Crippen MR) is 89.2 cm³/mol. The van der Waals surface area contributed by atoms with Crippen molar-refractivity contribution in [3.8, 4) is 11.5 Å². The lowest BCUT2D eigenvalue weighted by Gasteiger charge is -2.17. The Kier molecular flexibility index (Phi) is 8.91. The largest absolute Gasteiger partial charge is 0.493 e. The van der Waals surface area contributed by atoms with E-state index in [1.807, 2.05) is 19.1 Å². The lowest BCUT2D eigenvalue weighted by Crippen LogP contribution is -2.25. The van der Waals surface area contributed by atoms with Crippen LogP contribution in [0.4, 0.5) is 0 Å². The van der Waals surface area contributed by atoms with Gasteiger partial charge in [-0.2, -0.15) is 0 Å². The molecule has 0 aliphatic heterocycles. The average Bonchev–Trinajstić information content (AvgIpc) is 2.50. The molecule has 3 heteroatoms. The summed E-state index contributed by atoms with van der Waals surface area (Å²) in [6, 6.07) is 6.61. The van der Waals surface area contributed by atoms with Gasteiger partial charge in [0.2, 0.25) is 0 Å². The van der Waals surface area contributed by atoms with Crippen LogP contribution in [-0.4, -0.2) is 19.8 Å². The molecule has 1 aromatic rings. The second-order valence-electron chi connectivity index (χ2n) is 5.51. The highest BCUT2D eigenvalue weighted by molar-refractivity contribution is 5.46. The van der Waals surface area contributed by atoms with E-state index in [1.165, 1.54) is 32.1 Å². The highest BCUT2D eigenvalue weighted by Crippen LogP contribution is 2.31. The maximum Gasteiger partial charge on any atom is 0.165 e. The van der Waals surface area contributed by atoms with Gasteiger partial charge in [0, 0.05) is 18.2 Å². The molecular formula is C18H31NO2. The van der Waals surface area contributed by atoms with Gasteiger partial charge < -0.3 is 14.8 Å². The van der Waals surface area contributed by atoms with Crippen LogP contribution in [-0.2, 0) is 6.54 Å². The minimum Gasteiger partial charge on any atom is -0.493 e. The zero-order chi connectivity index (χ0) is 15.5. The number of hydrogen-bond acceptors (Lipinski definition) is 3. The number of ether oxygens (including phenoxy) is 2. The summed E-state index contributed by atoms with van der Waals surface area (Å²) in [6.07, 6.45) is 6.51. The Hall–Kier alpha value is -1.22. The lowest BCUT2D eigenvalue weighted by molar-refractivity contribution is 0.308. The van der Waals surface area contributed by atoms with E-state index in [2.05, 4.69) is 25.2 Å². The van der Waals surface area contributed by atoms with Crippen LogP contribution < -0.4 is 14.8 Å². The van der Waals surface area contributed by atoms with E-state index in [9.17, 15) is 0 Å². The standard InChI is InChI=1S/C18H31NO2/c1-5-7-8-9-11-15(3)19-14-16-12-10-13-17(21-6-2)18(16)20-4/h10,12-13,15,19H,5-9,11,14H2,1-4H3. The molecule has 3 nitrogen and oxygen atoms in total. The molecule has 1 unspecified atom stereocenters. The van der Waals surface area contributed by atoms with Crippen molar-refractivity contribution in [2.45, 2.75) is 65.5 Å². The third-order valence-electron chi connectivity index (χ3n) is 3.70. The number of para-hydroxylation sites is 1. The Balaban J connectivity index is 2.48. The average molecular weight is 293 g/mol. The van der Waals surface area contributed by atoms with E-state index in [4.69, 9.17) is 9.47 Å². The number of methoxy groups -OCH3 is 1. The predicted octanol–water partition coefficient (Wildman–Crippen LogP) is 4.54. The quantitative estimate of drug-likeness (QED) is 0.607. The minimum atomic E-state index is 0.530. The maximum absolute atomic E-state index is 5.61. The van der Waals surface area contributed by atoms with Crippen LogP contribution in [0.1, 0.15) is 58.4 Å². The molecule has 1 aromatic carbocycles. The number of unbranched alkanes of at least 4 members (excludes halogenated alkanes) is 3. The third kappa shape index (κ3) is 6.38. The number of nitrogens with one attached hydrogen (secondary N) is 1. The zero-order valence-electron chi connectivity index (χ0n) is 14.1. The van der Waals surface area contributed by atoms with Crippen molar-refractivity contribution in [2.24, 2.45) is 0 Å². The van der Waals surface area contributed by atoms with Crippen LogP contribution in [0, 0.1) is 0 Å². The van der Waals surface area contributed by atoms with Crippen molar-refractivity contribution >= 4 is 0 Å². The lowest BCUT2D eigenvalue weighted by atomic mass is 10.1. The highest BCUT2D eigenvalue weighted by Gasteiger charge is 2.10. The van der Waals surface area contributed by atoms with E-state index in [0.29, 0.717) is 12.6 Å². The van der Waals surface area contributed by atoms with Crippen LogP contribution >= 0.6 is 0 Å². The Morgan fingerprint density at radius 1 is 1.14 bits per heavy atom. The summed E-state index contributed by atoms with van der Waals surface area (Å²) in [6.45, 7) is 7.97. The summed E-state index contributed by atoms with van der Waals surface area (Å²) < 4.78 is 11.1. The smallest absolute Gasteiger partial charge is 0.165 e. The minimum absolute atomic E-state index is 0.530. The van der Waals surface area contributed by atoms with Gasteiger partial charge in [-0.25, -0.2) is 0 Å². The number of rotatable bonds is 11. The summed E-state index contributed by atoms with van der Waals surface area (Å²) in [5.74, 6) is 1.68. The first-order valence-corrected chi connectivity index (χ1v) is 8.24. The molecule has 1 rings (SSSR count). The van der Waals surface area contributed by atoms with Crippen molar-refractivity contribution < 1.29 is 9.47 Å². The number of hydrogen-bond donors (Lipinski definition) is 1. The van der Waals surface area contributed by atoms with E-state index in [-0.39, 0.29) is 0 Å². The SMILES string of the molecule is CCCCCCC(C)NCc1cccc(OCC)c1OC. The summed E-state index contributed by atoms with van der Waals surface area (Å²) >= 11 is 0. The topological polar surface area (TPSA) is 30.5 Å². The molecule has 0 aliphatic carbocycles. The molecule has 0 bridgehead atoms. The zero-order valence-corrected chi connectivity index (χ0v) is 14.1. The molecule has 0 amide bonds. The maximum atomic E-state index is 5.61. The van der Waals surface area contributed by atoms with Crippen molar-refractivity contribution in [3.63, 3.8) is 0 Å². The summed E-state index contributed by atoms with van der Waals surface area (Å²) in [5.41, 5.74) is 1.16. The third-order valence-corrected chi connectivity index (χ3v) is 3.70. The molecule has 1 N–H and O–H groups in total. The van der Waals surface area contributed by atoms with Crippen LogP contribution in [0.15, 0.2) is 18.2 Å².